The van der Waals surface area contributed by atoms with Gasteiger partial charge in [-0.25, -0.2) is 0 Å². The number of nitrogens with one attached hydrogen (secondary N) is 3. The summed E-state index contributed by atoms with van der Waals surface area (Å²) in [5, 5.41) is 13.4. The van der Waals surface area contributed by atoms with E-state index in [1.165, 1.54) is 12.8 Å². The lowest BCUT2D eigenvalue weighted by Gasteiger charge is -2.28. The summed E-state index contributed by atoms with van der Waals surface area (Å²) < 4.78 is 0. The molecule has 2 atom stereocenters. The van der Waals surface area contributed by atoms with Crippen LogP contribution in [-0.4, -0.2) is 29.2 Å². The monoisotopic (exact) mass is 300 g/mol. The second-order valence-corrected chi connectivity index (χ2v) is 5.65. The van der Waals surface area contributed by atoms with Crippen LogP contribution >= 0.6 is 12.4 Å². The maximum atomic E-state index is 12.1. The second kappa shape index (κ2) is 7.64. The molecule has 114 valence electrons. The lowest BCUT2D eigenvalue weighted by Crippen LogP contribution is -2.34. The van der Waals surface area contributed by atoms with Crippen molar-refractivity contribution in [2.45, 2.75) is 40.0 Å². The normalized spacial score (nSPS) is 20.1. The van der Waals surface area contributed by atoms with E-state index in [2.05, 4.69) is 27.8 Å². The molecular formula is C14H25ClN4O. The number of nitrogens with zero attached hydrogens (tertiary/aromatic N) is 1. The molecule has 6 heteroatoms. The van der Waals surface area contributed by atoms with E-state index >= 15 is 0 Å². The van der Waals surface area contributed by atoms with E-state index in [9.17, 15) is 4.79 Å². The number of H-pyrrole nitrogens is 1. The molecule has 5 nitrogen and oxygen atoms in total. The third-order valence-corrected chi connectivity index (χ3v) is 4.04. The summed E-state index contributed by atoms with van der Waals surface area (Å²) >= 11 is 0. The van der Waals surface area contributed by atoms with Gasteiger partial charge in [-0.3, -0.25) is 9.89 Å². The summed E-state index contributed by atoms with van der Waals surface area (Å²) in [4.78, 5) is 12.1. The molecule has 1 aromatic rings. The molecule has 1 saturated heterocycles. The molecule has 2 heterocycles. The minimum atomic E-state index is 0. The Hall–Kier alpha value is -1.07. The molecule has 3 N–H and O–H groups in total. The highest BCUT2D eigenvalue weighted by atomic mass is 35.5. The number of carbonyl (C=O) groups is 1. The largest absolute Gasteiger partial charge is 0.323 e. The Labute approximate surface area is 126 Å². The van der Waals surface area contributed by atoms with Crippen LogP contribution in [0.3, 0.4) is 0 Å². The van der Waals surface area contributed by atoms with E-state index in [4.69, 9.17) is 0 Å². The number of piperidine rings is 1. The van der Waals surface area contributed by atoms with Crippen LogP contribution in [0, 0.1) is 25.7 Å². The van der Waals surface area contributed by atoms with Crippen molar-refractivity contribution in [2.24, 2.45) is 11.8 Å². The molecule has 0 spiro atoms. The van der Waals surface area contributed by atoms with Crippen molar-refractivity contribution in [1.29, 1.82) is 0 Å². The molecule has 1 fully saturated rings. The number of carbonyl (C=O) groups excluding carboxylic acids is 1. The predicted octanol–water partition coefficient (Wildman–Crippen LogP) is 2.41. The standard InChI is InChI=1S/C14H24N4O.ClH/c1-9(12-5-4-6-15-8-12)7-13(19)16-14-10(2)17-18-11(14)3;/h9,12,15H,4-8H2,1-3H3,(H,16,19)(H,17,18);1H. The van der Waals surface area contributed by atoms with Crippen molar-refractivity contribution in [3.05, 3.63) is 11.4 Å². The first-order chi connectivity index (χ1) is 9.08. The maximum Gasteiger partial charge on any atom is 0.224 e. The second-order valence-electron chi connectivity index (χ2n) is 5.65. The number of aryl methyl sites for hydroxylation is 2. The molecule has 0 aromatic carbocycles. The Kier molecular flexibility index (Phi) is 6.49. The van der Waals surface area contributed by atoms with Gasteiger partial charge < -0.3 is 10.6 Å². The molecule has 0 bridgehead atoms. The first-order valence-corrected chi connectivity index (χ1v) is 7.10. The lowest BCUT2D eigenvalue weighted by molar-refractivity contribution is -0.117. The SMILES string of the molecule is Cc1n[nH]c(C)c1NC(=O)CC(C)C1CCCNC1.Cl. The molecular weight excluding hydrogens is 276 g/mol. The Morgan fingerprint density at radius 3 is 2.80 bits per heavy atom. The molecule has 2 unspecified atom stereocenters. The smallest absolute Gasteiger partial charge is 0.224 e. The Balaban J connectivity index is 0.00000200. The summed E-state index contributed by atoms with van der Waals surface area (Å²) in [6.45, 7) is 8.14. The summed E-state index contributed by atoms with van der Waals surface area (Å²) in [6, 6.07) is 0. The average molecular weight is 301 g/mol. The third kappa shape index (κ3) is 4.21. The minimum Gasteiger partial charge on any atom is -0.323 e. The van der Waals surface area contributed by atoms with Crippen LogP contribution in [-0.2, 0) is 4.79 Å². The van der Waals surface area contributed by atoms with E-state index in [1.807, 2.05) is 13.8 Å². The van der Waals surface area contributed by atoms with Crippen molar-refractivity contribution < 1.29 is 4.79 Å². The molecule has 1 amide bonds. The van der Waals surface area contributed by atoms with Gasteiger partial charge >= 0.3 is 0 Å². The van der Waals surface area contributed by atoms with Crippen molar-refractivity contribution in [3.8, 4) is 0 Å². The number of aromatic amines is 1. The minimum absolute atomic E-state index is 0. The summed E-state index contributed by atoms with van der Waals surface area (Å²) in [5.41, 5.74) is 2.59. The van der Waals surface area contributed by atoms with Gasteiger partial charge in [0.05, 0.1) is 17.1 Å². The maximum absolute atomic E-state index is 12.1. The zero-order valence-corrected chi connectivity index (χ0v) is 13.3. The quantitative estimate of drug-likeness (QED) is 0.800. The molecule has 1 aromatic heterocycles. The van der Waals surface area contributed by atoms with Gasteiger partial charge in [-0.05, 0) is 51.6 Å². The lowest BCUT2D eigenvalue weighted by atomic mass is 9.85. The van der Waals surface area contributed by atoms with Crippen LogP contribution in [0.2, 0.25) is 0 Å². The van der Waals surface area contributed by atoms with Crippen molar-refractivity contribution in [2.75, 3.05) is 18.4 Å². The van der Waals surface area contributed by atoms with Crippen molar-refractivity contribution >= 4 is 24.0 Å². The Morgan fingerprint density at radius 1 is 1.50 bits per heavy atom. The summed E-state index contributed by atoms with van der Waals surface area (Å²) in [6.07, 6.45) is 3.03. The van der Waals surface area contributed by atoms with Gasteiger partial charge in [0, 0.05) is 6.42 Å². The number of aromatic nitrogens is 2. The molecule has 0 saturated carbocycles. The average Bonchev–Trinajstić information content (AvgIpc) is 2.71. The van der Waals surface area contributed by atoms with Gasteiger partial charge in [0.25, 0.3) is 0 Å². The zero-order chi connectivity index (χ0) is 13.8. The van der Waals surface area contributed by atoms with Gasteiger partial charge in [-0.15, -0.1) is 12.4 Å². The van der Waals surface area contributed by atoms with Gasteiger partial charge in [-0.1, -0.05) is 6.92 Å². The predicted molar refractivity (Wildman–Crippen MR) is 83.3 cm³/mol. The number of halogens is 1. The van der Waals surface area contributed by atoms with Gasteiger partial charge in [0.1, 0.15) is 0 Å². The fourth-order valence-corrected chi connectivity index (χ4v) is 2.75. The van der Waals surface area contributed by atoms with Crippen LogP contribution in [0.15, 0.2) is 0 Å². The zero-order valence-electron chi connectivity index (χ0n) is 12.5. The third-order valence-electron chi connectivity index (χ3n) is 4.04. The van der Waals surface area contributed by atoms with Crippen LogP contribution < -0.4 is 10.6 Å². The number of hydrogen-bond donors (Lipinski definition) is 3. The van der Waals surface area contributed by atoms with E-state index in [0.29, 0.717) is 18.3 Å². The van der Waals surface area contributed by atoms with E-state index < -0.39 is 0 Å². The first kappa shape index (κ1) is 17.0. The summed E-state index contributed by atoms with van der Waals surface area (Å²) in [7, 11) is 0. The topological polar surface area (TPSA) is 69.8 Å². The van der Waals surface area contributed by atoms with Crippen LogP contribution in [0.5, 0.6) is 0 Å². The van der Waals surface area contributed by atoms with E-state index in [0.717, 1.165) is 30.2 Å². The molecule has 1 aliphatic heterocycles. The summed E-state index contributed by atoms with van der Waals surface area (Å²) in [5.74, 6) is 1.12. The molecule has 0 aliphatic carbocycles. The number of rotatable bonds is 4. The van der Waals surface area contributed by atoms with E-state index in [1.54, 1.807) is 0 Å². The fraction of sp³-hybridized carbons (Fsp3) is 0.714. The Bertz CT molecular complexity index is 421. The molecule has 0 radical (unpaired) electrons. The van der Waals surface area contributed by atoms with Crippen molar-refractivity contribution in [1.82, 2.24) is 15.5 Å². The van der Waals surface area contributed by atoms with Gasteiger partial charge in [0.15, 0.2) is 0 Å². The molecule has 1 aliphatic rings. The van der Waals surface area contributed by atoms with E-state index in [-0.39, 0.29) is 18.3 Å². The number of anilines is 1. The van der Waals surface area contributed by atoms with Crippen LogP contribution in [0.4, 0.5) is 5.69 Å². The highest BCUT2D eigenvalue weighted by molar-refractivity contribution is 5.91. The Morgan fingerprint density at radius 2 is 2.25 bits per heavy atom. The first-order valence-electron chi connectivity index (χ1n) is 7.10. The molecule has 2 rings (SSSR count). The van der Waals surface area contributed by atoms with Gasteiger partial charge in [0.2, 0.25) is 5.91 Å². The highest BCUT2D eigenvalue weighted by Gasteiger charge is 2.22. The fourth-order valence-electron chi connectivity index (χ4n) is 2.75. The number of hydrogen-bond acceptors (Lipinski definition) is 3. The van der Waals surface area contributed by atoms with Crippen LogP contribution in [0.25, 0.3) is 0 Å². The highest BCUT2D eigenvalue weighted by Crippen LogP contribution is 2.23. The van der Waals surface area contributed by atoms with Crippen LogP contribution in [0.1, 0.15) is 37.6 Å². The number of amides is 1. The van der Waals surface area contributed by atoms with Crippen molar-refractivity contribution in [3.63, 3.8) is 0 Å². The van der Waals surface area contributed by atoms with Gasteiger partial charge in [-0.2, -0.15) is 5.10 Å². The molecule has 20 heavy (non-hydrogen) atoms.